The maximum Gasteiger partial charge on any atom is 0.0897 e. The van der Waals surface area contributed by atoms with Crippen molar-refractivity contribution in [2.75, 3.05) is 33.0 Å². The molecule has 0 aliphatic heterocycles. The molecule has 0 rings (SSSR count). The third kappa shape index (κ3) is 14.1. The van der Waals surface area contributed by atoms with Crippen molar-refractivity contribution < 1.29 is 14.6 Å². The van der Waals surface area contributed by atoms with E-state index in [1.807, 2.05) is 6.92 Å². The lowest BCUT2D eigenvalue weighted by molar-refractivity contribution is 0.00579. The Morgan fingerprint density at radius 1 is 1.05 bits per heavy atom. The Morgan fingerprint density at radius 2 is 1.74 bits per heavy atom. The lowest BCUT2D eigenvalue weighted by Crippen LogP contribution is -2.36. The van der Waals surface area contributed by atoms with Crippen LogP contribution in [-0.2, 0) is 9.47 Å². The zero-order chi connectivity index (χ0) is 14.5. The molecule has 0 aliphatic rings. The van der Waals surface area contributed by atoms with Gasteiger partial charge in [0.05, 0.1) is 25.9 Å². The summed E-state index contributed by atoms with van der Waals surface area (Å²) < 4.78 is 10.5. The van der Waals surface area contributed by atoms with Gasteiger partial charge in [0.2, 0.25) is 0 Å². The fraction of sp³-hybridized carbons (Fsp3) is 1.00. The minimum absolute atomic E-state index is 0.374. The summed E-state index contributed by atoms with van der Waals surface area (Å²) in [5, 5.41) is 13.1. The third-order valence-electron chi connectivity index (χ3n) is 3.01. The summed E-state index contributed by atoms with van der Waals surface area (Å²) in [4.78, 5) is 0. The topological polar surface area (TPSA) is 50.7 Å². The van der Waals surface area contributed by atoms with Crippen LogP contribution < -0.4 is 5.32 Å². The second-order valence-electron chi connectivity index (χ2n) is 5.56. The van der Waals surface area contributed by atoms with Crippen molar-refractivity contribution in [1.82, 2.24) is 5.32 Å². The van der Waals surface area contributed by atoms with E-state index in [1.165, 1.54) is 12.8 Å². The molecular formula is C15H33NO3. The van der Waals surface area contributed by atoms with Crippen LogP contribution in [0.1, 0.15) is 47.0 Å². The molecule has 2 unspecified atom stereocenters. The molecule has 0 spiro atoms. The third-order valence-corrected chi connectivity index (χ3v) is 3.01. The standard InChI is InChI=1S/C15H33NO3/c1-5-18-9-10-19-12-15(17)11-16-14(4)8-6-7-13(2)3/h13-17H,5-12H2,1-4H3. The SMILES string of the molecule is CCOCCOCC(O)CNC(C)CCCC(C)C. The van der Waals surface area contributed by atoms with E-state index in [1.54, 1.807) is 0 Å². The fourth-order valence-electron chi connectivity index (χ4n) is 1.81. The molecule has 0 radical (unpaired) electrons. The smallest absolute Gasteiger partial charge is 0.0897 e. The second-order valence-corrected chi connectivity index (χ2v) is 5.56. The number of hydrogen-bond acceptors (Lipinski definition) is 4. The van der Waals surface area contributed by atoms with Crippen LogP contribution in [0.5, 0.6) is 0 Å². The molecule has 2 N–H and O–H groups in total. The van der Waals surface area contributed by atoms with Crippen LogP contribution in [0.2, 0.25) is 0 Å². The molecule has 0 saturated heterocycles. The van der Waals surface area contributed by atoms with E-state index in [0.29, 0.717) is 39.0 Å². The molecule has 4 nitrogen and oxygen atoms in total. The Morgan fingerprint density at radius 3 is 2.37 bits per heavy atom. The van der Waals surface area contributed by atoms with Crippen molar-refractivity contribution in [3.05, 3.63) is 0 Å². The lowest BCUT2D eigenvalue weighted by Gasteiger charge is -2.17. The zero-order valence-electron chi connectivity index (χ0n) is 13.2. The summed E-state index contributed by atoms with van der Waals surface area (Å²) in [6.07, 6.45) is 3.24. The van der Waals surface area contributed by atoms with Gasteiger partial charge >= 0.3 is 0 Å². The van der Waals surface area contributed by atoms with Crippen LogP contribution in [0.15, 0.2) is 0 Å². The largest absolute Gasteiger partial charge is 0.389 e. The van der Waals surface area contributed by atoms with E-state index in [-0.39, 0.29) is 0 Å². The first-order chi connectivity index (χ1) is 9.06. The highest BCUT2D eigenvalue weighted by Crippen LogP contribution is 2.08. The van der Waals surface area contributed by atoms with Crippen molar-refractivity contribution in [2.45, 2.75) is 59.1 Å². The molecule has 4 heteroatoms. The molecule has 0 fully saturated rings. The van der Waals surface area contributed by atoms with E-state index < -0.39 is 6.10 Å². The first kappa shape index (κ1) is 18.8. The van der Waals surface area contributed by atoms with Crippen molar-refractivity contribution in [3.8, 4) is 0 Å². The van der Waals surface area contributed by atoms with Crippen LogP contribution in [0.3, 0.4) is 0 Å². The van der Waals surface area contributed by atoms with Gasteiger partial charge in [0, 0.05) is 19.2 Å². The number of rotatable bonds is 13. The minimum Gasteiger partial charge on any atom is -0.389 e. The Balaban J connectivity index is 3.37. The van der Waals surface area contributed by atoms with Gasteiger partial charge in [-0.2, -0.15) is 0 Å². The Kier molecular flexibility index (Phi) is 12.7. The summed E-state index contributed by atoms with van der Waals surface area (Å²) in [5.74, 6) is 0.775. The summed E-state index contributed by atoms with van der Waals surface area (Å²) in [7, 11) is 0. The number of nitrogens with one attached hydrogen (secondary N) is 1. The maximum atomic E-state index is 9.74. The summed E-state index contributed by atoms with van der Waals surface area (Å²) >= 11 is 0. The highest BCUT2D eigenvalue weighted by Gasteiger charge is 2.07. The molecule has 19 heavy (non-hydrogen) atoms. The van der Waals surface area contributed by atoms with E-state index in [0.717, 1.165) is 12.3 Å². The molecule has 0 aromatic carbocycles. The zero-order valence-corrected chi connectivity index (χ0v) is 13.2. The van der Waals surface area contributed by atoms with Gasteiger partial charge in [-0.3, -0.25) is 0 Å². The summed E-state index contributed by atoms with van der Waals surface area (Å²) in [6.45, 7) is 11.5. The molecule has 0 aliphatic carbocycles. The molecule has 0 aromatic heterocycles. The molecule has 116 valence electrons. The highest BCUT2D eigenvalue weighted by molar-refractivity contribution is 4.65. The molecule has 2 atom stereocenters. The van der Waals surface area contributed by atoms with Crippen molar-refractivity contribution in [3.63, 3.8) is 0 Å². The molecule has 0 heterocycles. The quantitative estimate of drug-likeness (QED) is 0.506. The van der Waals surface area contributed by atoms with Gasteiger partial charge in [0.15, 0.2) is 0 Å². The first-order valence-electron chi connectivity index (χ1n) is 7.63. The molecular weight excluding hydrogens is 242 g/mol. The fourth-order valence-corrected chi connectivity index (χ4v) is 1.81. The number of aliphatic hydroxyl groups is 1. The van der Waals surface area contributed by atoms with Gasteiger partial charge in [0.25, 0.3) is 0 Å². The van der Waals surface area contributed by atoms with Crippen LogP contribution in [-0.4, -0.2) is 50.2 Å². The average Bonchev–Trinajstić information content (AvgIpc) is 2.35. The van der Waals surface area contributed by atoms with Crippen LogP contribution in [0, 0.1) is 5.92 Å². The van der Waals surface area contributed by atoms with Crippen molar-refractivity contribution >= 4 is 0 Å². The van der Waals surface area contributed by atoms with E-state index in [9.17, 15) is 5.11 Å². The van der Waals surface area contributed by atoms with Crippen LogP contribution >= 0.6 is 0 Å². The number of aliphatic hydroxyl groups excluding tert-OH is 1. The van der Waals surface area contributed by atoms with Crippen molar-refractivity contribution in [2.24, 2.45) is 5.92 Å². The molecule has 0 aromatic rings. The van der Waals surface area contributed by atoms with Gasteiger partial charge in [-0.05, 0) is 26.2 Å². The molecule has 0 bridgehead atoms. The van der Waals surface area contributed by atoms with Gasteiger partial charge in [-0.25, -0.2) is 0 Å². The summed E-state index contributed by atoms with van der Waals surface area (Å²) in [5.41, 5.74) is 0. The number of hydrogen-bond donors (Lipinski definition) is 2. The highest BCUT2D eigenvalue weighted by atomic mass is 16.5. The lowest BCUT2D eigenvalue weighted by atomic mass is 10.0. The van der Waals surface area contributed by atoms with Gasteiger partial charge in [-0.15, -0.1) is 0 Å². The monoisotopic (exact) mass is 275 g/mol. The Labute approximate surface area is 118 Å². The van der Waals surface area contributed by atoms with E-state index in [4.69, 9.17) is 9.47 Å². The number of ether oxygens (including phenoxy) is 2. The van der Waals surface area contributed by atoms with Gasteiger partial charge < -0.3 is 19.9 Å². The minimum atomic E-state index is -0.436. The van der Waals surface area contributed by atoms with Crippen molar-refractivity contribution in [1.29, 1.82) is 0 Å². The van der Waals surface area contributed by atoms with Crippen LogP contribution in [0.4, 0.5) is 0 Å². The molecule has 0 saturated carbocycles. The molecule has 0 amide bonds. The van der Waals surface area contributed by atoms with E-state index >= 15 is 0 Å². The summed E-state index contributed by atoms with van der Waals surface area (Å²) in [6, 6.07) is 0.455. The Bertz CT molecular complexity index is 188. The van der Waals surface area contributed by atoms with Gasteiger partial charge in [-0.1, -0.05) is 26.7 Å². The second kappa shape index (κ2) is 12.9. The maximum absolute atomic E-state index is 9.74. The van der Waals surface area contributed by atoms with E-state index in [2.05, 4.69) is 26.1 Å². The Hall–Kier alpha value is -0.160. The predicted octanol–water partition coefficient (Wildman–Crippen LogP) is 2.20. The van der Waals surface area contributed by atoms with Crippen LogP contribution in [0.25, 0.3) is 0 Å². The normalized spacial score (nSPS) is 14.8. The van der Waals surface area contributed by atoms with Gasteiger partial charge in [0.1, 0.15) is 0 Å². The first-order valence-corrected chi connectivity index (χ1v) is 7.63. The average molecular weight is 275 g/mol. The predicted molar refractivity (Wildman–Crippen MR) is 79.5 cm³/mol.